The highest BCUT2D eigenvalue weighted by atomic mass is 35.5. The summed E-state index contributed by atoms with van der Waals surface area (Å²) in [5.74, 6) is -1.77. The van der Waals surface area contributed by atoms with Gasteiger partial charge in [0.05, 0.1) is 37.3 Å². The molecule has 0 spiro atoms. The number of amides is 2. The molecule has 0 unspecified atom stereocenters. The van der Waals surface area contributed by atoms with Gasteiger partial charge in [-0.1, -0.05) is 55.8 Å². The Morgan fingerprint density at radius 2 is 1.63 bits per heavy atom. The van der Waals surface area contributed by atoms with Crippen LogP contribution in [0.2, 0.25) is 5.02 Å². The van der Waals surface area contributed by atoms with Crippen LogP contribution in [-0.2, 0) is 15.4 Å². The molecule has 2 amide bonds. The van der Waals surface area contributed by atoms with Gasteiger partial charge in [-0.25, -0.2) is 18.3 Å². The van der Waals surface area contributed by atoms with E-state index < -0.39 is 21.8 Å². The van der Waals surface area contributed by atoms with E-state index in [2.05, 4.69) is 9.71 Å². The molecule has 1 aliphatic heterocycles. The van der Waals surface area contributed by atoms with Crippen molar-refractivity contribution in [3.63, 3.8) is 0 Å². The number of halogens is 1. The minimum absolute atomic E-state index is 0.00148. The summed E-state index contributed by atoms with van der Waals surface area (Å²) in [6.07, 6.45) is 0. The van der Waals surface area contributed by atoms with Gasteiger partial charge >= 0.3 is 0 Å². The number of carbonyl (C=O) groups excluding carboxylic acids is 3. The summed E-state index contributed by atoms with van der Waals surface area (Å²) < 4.78 is 28.6. The number of nitrogens with one attached hydrogen (secondary N) is 1. The fraction of sp³-hybridized carbons (Fsp3) is 0.250. The number of carbonyl (C=O) groups is 3. The van der Waals surface area contributed by atoms with Gasteiger partial charge in [-0.3, -0.25) is 19.1 Å². The number of aromatic nitrogens is 1. The van der Waals surface area contributed by atoms with E-state index >= 15 is 0 Å². The molecule has 35 heavy (non-hydrogen) atoms. The Kier molecular flexibility index (Phi) is 6.11. The number of hydrogen-bond acceptors (Lipinski definition) is 7. The smallest absolute Gasteiger partial charge is 0.270 e. The van der Waals surface area contributed by atoms with Crippen LogP contribution >= 0.6 is 22.9 Å². The molecule has 0 radical (unpaired) electrons. The maximum Gasteiger partial charge on any atom is 0.270 e. The number of nitrogens with zero attached hydrogens (tertiary/aromatic N) is 2. The first-order chi connectivity index (χ1) is 16.2. The highest BCUT2D eigenvalue weighted by Gasteiger charge is 2.43. The molecule has 3 aromatic rings. The van der Waals surface area contributed by atoms with Crippen molar-refractivity contribution < 1.29 is 22.8 Å². The lowest BCUT2D eigenvalue weighted by Gasteiger charge is -2.19. The molecule has 8 nitrogen and oxygen atoms in total. The molecule has 0 atom stereocenters. The van der Waals surface area contributed by atoms with Crippen molar-refractivity contribution in [3.8, 4) is 0 Å². The van der Waals surface area contributed by atoms with E-state index in [-0.39, 0.29) is 43.1 Å². The Morgan fingerprint density at radius 1 is 1.03 bits per heavy atom. The van der Waals surface area contributed by atoms with Crippen molar-refractivity contribution in [2.24, 2.45) is 0 Å². The van der Waals surface area contributed by atoms with E-state index in [1.807, 2.05) is 20.8 Å². The molecule has 0 fully saturated rings. The molecule has 182 valence electrons. The molecular weight excluding hydrogens is 510 g/mol. The second kappa shape index (κ2) is 8.54. The lowest BCUT2D eigenvalue weighted by atomic mass is 9.87. The first-order valence-corrected chi connectivity index (χ1v) is 13.2. The minimum Gasteiger partial charge on any atom is -0.294 e. The maximum atomic E-state index is 13.3. The van der Waals surface area contributed by atoms with Crippen LogP contribution in [0.5, 0.6) is 0 Å². The summed E-state index contributed by atoms with van der Waals surface area (Å²) in [5.41, 5.74) is 0.820. The van der Waals surface area contributed by atoms with Gasteiger partial charge in [0.15, 0.2) is 5.78 Å². The van der Waals surface area contributed by atoms with Crippen molar-refractivity contribution in [1.82, 2.24) is 4.98 Å². The topological polar surface area (TPSA) is 114 Å². The number of benzene rings is 2. The van der Waals surface area contributed by atoms with Crippen LogP contribution < -0.4 is 9.62 Å². The number of imide groups is 1. The van der Waals surface area contributed by atoms with Gasteiger partial charge < -0.3 is 0 Å². The van der Waals surface area contributed by atoms with Gasteiger partial charge in [0.25, 0.3) is 21.8 Å². The number of anilines is 2. The highest BCUT2D eigenvalue weighted by Crippen LogP contribution is 2.39. The number of thiazole rings is 1. The first kappa shape index (κ1) is 25.0. The van der Waals surface area contributed by atoms with E-state index in [0.29, 0.717) is 10.6 Å². The number of rotatable bonds is 5. The zero-order valence-corrected chi connectivity index (χ0v) is 22.0. The van der Waals surface area contributed by atoms with Gasteiger partial charge in [-0.2, -0.15) is 0 Å². The second-order valence-corrected chi connectivity index (χ2v) is 12.2. The minimum atomic E-state index is -4.08. The van der Waals surface area contributed by atoms with E-state index in [4.69, 9.17) is 11.6 Å². The largest absolute Gasteiger partial charge is 0.294 e. The van der Waals surface area contributed by atoms with Crippen LogP contribution in [0, 0.1) is 6.92 Å². The molecule has 1 N–H and O–H groups in total. The van der Waals surface area contributed by atoms with Crippen molar-refractivity contribution in [3.05, 3.63) is 68.7 Å². The molecule has 4 rings (SSSR count). The lowest BCUT2D eigenvalue weighted by molar-refractivity contribution is 0.0925. The summed E-state index contributed by atoms with van der Waals surface area (Å²) in [7, 11) is -4.08. The predicted octanol–water partition coefficient (Wildman–Crippen LogP) is 5.21. The average Bonchev–Trinajstić information content (AvgIpc) is 3.27. The maximum absolute atomic E-state index is 13.3. The summed E-state index contributed by atoms with van der Waals surface area (Å²) in [6.45, 7) is 9.02. The van der Waals surface area contributed by atoms with Crippen molar-refractivity contribution in [2.75, 3.05) is 9.62 Å². The van der Waals surface area contributed by atoms with Gasteiger partial charge in [0.1, 0.15) is 0 Å². The van der Waals surface area contributed by atoms with Crippen molar-refractivity contribution in [2.45, 2.75) is 44.9 Å². The molecule has 0 saturated carbocycles. The number of hydrogen-bond donors (Lipinski definition) is 1. The molecule has 1 aliphatic rings. The van der Waals surface area contributed by atoms with E-state index in [1.54, 1.807) is 19.1 Å². The van der Waals surface area contributed by atoms with Gasteiger partial charge in [0, 0.05) is 6.92 Å². The number of sulfonamides is 1. The molecule has 11 heteroatoms. The van der Waals surface area contributed by atoms with E-state index in [9.17, 15) is 22.8 Å². The lowest BCUT2D eigenvalue weighted by Crippen LogP contribution is -2.29. The quantitative estimate of drug-likeness (QED) is 0.357. The second-order valence-electron chi connectivity index (χ2n) is 9.14. The van der Waals surface area contributed by atoms with Gasteiger partial charge in [-0.15, -0.1) is 0 Å². The van der Waals surface area contributed by atoms with Crippen LogP contribution in [0.15, 0.2) is 41.3 Å². The Bertz CT molecular complexity index is 1500. The third-order valence-electron chi connectivity index (χ3n) is 5.56. The standard InChI is InChI=1S/C24H22ClN3O5S2/c1-12-20(13(2)29)34-23(26-12)28-21(30)18-16(25)10-11-17(19(18)22(28)31)27-35(32,33)15-8-6-14(7-9-15)24(3,4)5/h6-11,27H,1-5H3. The predicted molar refractivity (Wildman–Crippen MR) is 135 cm³/mol. The summed E-state index contributed by atoms with van der Waals surface area (Å²) in [5, 5.41) is 0.0138. The zero-order valence-electron chi connectivity index (χ0n) is 19.6. The SMILES string of the molecule is CC(=O)c1sc(N2C(=O)c3c(Cl)ccc(NS(=O)(=O)c4ccc(C(C)(C)C)cc4)c3C2=O)nc1C. The third kappa shape index (κ3) is 4.37. The Morgan fingerprint density at radius 3 is 2.17 bits per heavy atom. The molecule has 1 aromatic heterocycles. The fourth-order valence-electron chi connectivity index (χ4n) is 3.73. The van der Waals surface area contributed by atoms with Crippen LogP contribution in [-0.4, -0.2) is 31.0 Å². The Hall–Kier alpha value is -3.08. The number of Topliss-reactive ketones (excluding diaryl/α,β-unsaturated/α-hetero) is 1. The summed E-state index contributed by atoms with van der Waals surface area (Å²) in [4.78, 5) is 43.7. The number of ketones is 1. The summed E-state index contributed by atoms with van der Waals surface area (Å²) >= 11 is 7.15. The molecule has 0 saturated heterocycles. The summed E-state index contributed by atoms with van der Waals surface area (Å²) in [6, 6.07) is 9.12. The van der Waals surface area contributed by atoms with Crippen LogP contribution in [0.3, 0.4) is 0 Å². The fourth-order valence-corrected chi connectivity index (χ4v) is 5.99. The van der Waals surface area contributed by atoms with Crippen LogP contribution in [0.4, 0.5) is 10.8 Å². The zero-order chi connectivity index (χ0) is 25.9. The average molecular weight is 532 g/mol. The number of aryl methyl sites for hydroxylation is 1. The molecule has 0 aliphatic carbocycles. The molecule has 2 aromatic carbocycles. The highest BCUT2D eigenvalue weighted by molar-refractivity contribution is 7.92. The van der Waals surface area contributed by atoms with Crippen LogP contribution in [0.1, 0.15) is 69.3 Å². The van der Waals surface area contributed by atoms with Gasteiger partial charge in [-0.05, 0) is 42.2 Å². The Labute approximate surface area is 212 Å². The first-order valence-electron chi connectivity index (χ1n) is 10.6. The molecule has 2 heterocycles. The molecule has 0 bridgehead atoms. The monoisotopic (exact) mass is 531 g/mol. The van der Waals surface area contributed by atoms with Gasteiger partial charge in [0.2, 0.25) is 5.13 Å². The number of fused-ring (bicyclic) bond motifs is 1. The van der Waals surface area contributed by atoms with E-state index in [1.165, 1.54) is 31.2 Å². The third-order valence-corrected chi connectivity index (χ3v) is 8.50. The normalized spacial score (nSPS) is 13.8. The Balaban J connectivity index is 1.74. The van der Waals surface area contributed by atoms with E-state index in [0.717, 1.165) is 21.8 Å². The molecular formula is C24H22ClN3O5S2. The van der Waals surface area contributed by atoms with Crippen molar-refractivity contribution in [1.29, 1.82) is 0 Å². The van der Waals surface area contributed by atoms with Crippen molar-refractivity contribution >= 4 is 61.4 Å². The van der Waals surface area contributed by atoms with Crippen LogP contribution in [0.25, 0.3) is 0 Å².